The molecule has 0 aromatic heterocycles. The van der Waals surface area contributed by atoms with Gasteiger partial charge in [-0.1, -0.05) is 12.1 Å². The van der Waals surface area contributed by atoms with Crippen LogP contribution in [0.15, 0.2) is 18.2 Å². The van der Waals surface area contributed by atoms with Crippen LogP contribution in [0.1, 0.15) is 12.5 Å². The fraction of sp³-hybridized carbons (Fsp3) is 0.417. The minimum atomic E-state index is -0.390. The predicted octanol–water partition coefficient (Wildman–Crippen LogP) is 1.06. The molecule has 5 heteroatoms. The SMILES string of the molecule is CCNC(=O)CNCc1cccc(OC)c1F. The molecule has 0 radical (unpaired) electrons. The maximum Gasteiger partial charge on any atom is 0.233 e. The van der Waals surface area contributed by atoms with Gasteiger partial charge in [0, 0.05) is 18.7 Å². The Hall–Kier alpha value is -1.62. The molecular formula is C12H17FN2O2. The molecule has 1 aromatic rings. The number of hydrogen-bond acceptors (Lipinski definition) is 3. The Balaban J connectivity index is 2.49. The summed E-state index contributed by atoms with van der Waals surface area (Å²) in [4.78, 5) is 11.1. The van der Waals surface area contributed by atoms with Gasteiger partial charge >= 0.3 is 0 Å². The minimum absolute atomic E-state index is 0.101. The Bertz CT molecular complexity index is 383. The van der Waals surface area contributed by atoms with Gasteiger partial charge in [0.25, 0.3) is 0 Å². The number of amides is 1. The third-order valence-electron chi connectivity index (χ3n) is 2.24. The van der Waals surface area contributed by atoms with Gasteiger partial charge in [-0.3, -0.25) is 4.79 Å². The highest BCUT2D eigenvalue weighted by Gasteiger charge is 2.08. The highest BCUT2D eigenvalue weighted by atomic mass is 19.1. The van der Waals surface area contributed by atoms with Gasteiger partial charge in [-0.2, -0.15) is 0 Å². The number of hydrogen-bond donors (Lipinski definition) is 2. The lowest BCUT2D eigenvalue weighted by atomic mass is 10.2. The Labute approximate surface area is 100 Å². The lowest BCUT2D eigenvalue weighted by Crippen LogP contribution is -2.33. The highest BCUT2D eigenvalue weighted by Crippen LogP contribution is 2.19. The maximum absolute atomic E-state index is 13.7. The van der Waals surface area contributed by atoms with Gasteiger partial charge in [-0.05, 0) is 13.0 Å². The Morgan fingerprint density at radius 1 is 1.47 bits per heavy atom. The highest BCUT2D eigenvalue weighted by molar-refractivity contribution is 5.77. The average molecular weight is 240 g/mol. The number of halogens is 1. The number of carbonyl (C=O) groups excluding carboxylic acids is 1. The van der Waals surface area contributed by atoms with Gasteiger partial charge in [-0.25, -0.2) is 4.39 Å². The van der Waals surface area contributed by atoms with Gasteiger partial charge in [0.1, 0.15) is 0 Å². The van der Waals surface area contributed by atoms with Gasteiger partial charge in [-0.15, -0.1) is 0 Å². The average Bonchev–Trinajstić information content (AvgIpc) is 2.32. The van der Waals surface area contributed by atoms with E-state index < -0.39 is 5.82 Å². The largest absolute Gasteiger partial charge is 0.494 e. The van der Waals surface area contributed by atoms with Crippen LogP contribution in [0.2, 0.25) is 0 Å². The van der Waals surface area contributed by atoms with Crippen molar-refractivity contribution in [3.05, 3.63) is 29.6 Å². The molecule has 0 fully saturated rings. The maximum atomic E-state index is 13.7. The topological polar surface area (TPSA) is 50.4 Å². The van der Waals surface area contributed by atoms with E-state index in [2.05, 4.69) is 10.6 Å². The molecule has 0 aliphatic heterocycles. The van der Waals surface area contributed by atoms with Crippen molar-refractivity contribution in [2.75, 3.05) is 20.2 Å². The van der Waals surface area contributed by atoms with E-state index in [0.717, 1.165) is 0 Å². The summed E-state index contributed by atoms with van der Waals surface area (Å²) in [6.45, 7) is 2.90. The van der Waals surface area contributed by atoms with E-state index in [1.54, 1.807) is 18.2 Å². The number of ether oxygens (including phenoxy) is 1. The fourth-order valence-corrected chi connectivity index (χ4v) is 1.42. The number of likely N-dealkylation sites (N-methyl/N-ethyl adjacent to an activating group) is 1. The van der Waals surface area contributed by atoms with E-state index in [1.165, 1.54) is 7.11 Å². The first kappa shape index (κ1) is 13.4. The molecule has 1 amide bonds. The summed E-state index contributed by atoms with van der Waals surface area (Å²) in [5.74, 6) is -0.281. The Morgan fingerprint density at radius 3 is 2.88 bits per heavy atom. The summed E-state index contributed by atoms with van der Waals surface area (Å²) in [6, 6.07) is 4.93. The fourth-order valence-electron chi connectivity index (χ4n) is 1.42. The second kappa shape index (κ2) is 6.85. The van der Waals surface area contributed by atoms with Crippen LogP contribution in [0, 0.1) is 5.82 Å². The van der Waals surface area contributed by atoms with Crippen molar-refractivity contribution < 1.29 is 13.9 Å². The number of methoxy groups -OCH3 is 1. The van der Waals surface area contributed by atoms with E-state index >= 15 is 0 Å². The summed E-state index contributed by atoms with van der Waals surface area (Å²) in [7, 11) is 1.42. The number of rotatable bonds is 6. The van der Waals surface area contributed by atoms with Crippen LogP contribution in [-0.2, 0) is 11.3 Å². The lowest BCUT2D eigenvalue weighted by Gasteiger charge is -2.08. The Morgan fingerprint density at radius 2 is 2.24 bits per heavy atom. The van der Waals surface area contributed by atoms with Crippen molar-refractivity contribution in [1.29, 1.82) is 0 Å². The third kappa shape index (κ3) is 4.03. The van der Waals surface area contributed by atoms with Crippen molar-refractivity contribution >= 4 is 5.91 Å². The molecule has 0 heterocycles. The molecule has 2 N–H and O–H groups in total. The van der Waals surface area contributed by atoms with Crippen LogP contribution >= 0.6 is 0 Å². The zero-order chi connectivity index (χ0) is 12.7. The van der Waals surface area contributed by atoms with Crippen LogP contribution in [0.5, 0.6) is 5.75 Å². The van der Waals surface area contributed by atoms with Crippen molar-refractivity contribution in [3.63, 3.8) is 0 Å². The normalized spacial score (nSPS) is 10.1. The summed E-state index contributed by atoms with van der Waals surface area (Å²) < 4.78 is 18.5. The monoisotopic (exact) mass is 240 g/mol. The molecule has 0 unspecified atom stereocenters. The van der Waals surface area contributed by atoms with E-state index in [9.17, 15) is 9.18 Å². The molecule has 0 aliphatic carbocycles. The van der Waals surface area contributed by atoms with Crippen molar-refractivity contribution in [1.82, 2.24) is 10.6 Å². The number of carbonyl (C=O) groups is 1. The van der Waals surface area contributed by atoms with Crippen molar-refractivity contribution in [3.8, 4) is 5.75 Å². The summed E-state index contributed by atoms with van der Waals surface area (Å²) in [5, 5.41) is 5.52. The quantitative estimate of drug-likeness (QED) is 0.781. The summed E-state index contributed by atoms with van der Waals surface area (Å²) in [6.07, 6.45) is 0. The van der Waals surface area contributed by atoms with E-state index in [1.807, 2.05) is 6.92 Å². The zero-order valence-corrected chi connectivity index (χ0v) is 10.0. The molecule has 1 aromatic carbocycles. The Kier molecular flexibility index (Phi) is 5.42. The van der Waals surface area contributed by atoms with Gasteiger partial charge in [0.05, 0.1) is 13.7 Å². The molecule has 17 heavy (non-hydrogen) atoms. The second-order valence-corrected chi connectivity index (χ2v) is 3.49. The number of benzene rings is 1. The molecule has 0 atom stereocenters. The molecule has 0 spiro atoms. The molecule has 0 saturated carbocycles. The molecule has 0 aliphatic rings. The van der Waals surface area contributed by atoms with E-state index in [-0.39, 0.29) is 18.2 Å². The molecule has 0 bridgehead atoms. The lowest BCUT2D eigenvalue weighted by molar-refractivity contribution is -0.120. The molecule has 94 valence electrons. The van der Waals surface area contributed by atoms with E-state index in [4.69, 9.17) is 4.74 Å². The van der Waals surface area contributed by atoms with Crippen LogP contribution in [0.3, 0.4) is 0 Å². The van der Waals surface area contributed by atoms with Crippen LogP contribution < -0.4 is 15.4 Å². The van der Waals surface area contributed by atoms with Crippen LogP contribution in [-0.4, -0.2) is 26.1 Å². The van der Waals surface area contributed by atoms with Gasteiger partial charge in [0.15, 0.2) is 11.6 Å². The minimum Gasteiger partial charge on any atom is -0.494 e. The summed E-state index contributed by atoms with van der Waals surface area (Å²) >= 11 is 0. The van der Waals surface area contributed by atoms with Crippen LogP contribution in [0.25, 0.3) is 0 Å². The first-order chi connectivity index (χ1) is 8.19. The van der Waals surface area contributed by atoms with Crippen molar-refractivity contribution in [2.45, 2.75) is 13.5 Å². The predicted molar refractivity (Wildman–Crippen MR) is 63.3 cm³/mol. The van der Waals surface area contributed by atoms with Gasteiger partial charge < -0.3 is 15.4 Å². The standard InChI is InChI=1S/C12H17FN2O2/c1-3-15-11(16)8-14-7-9-5-4-6-10(17-2)12(9)13/h4-6,14H,3,7-8H2,1-2H3,(H,15,16). The van der Waals surface area contributed by atoms with E-state index in [0.29, 0.717) is 18.7 Å². The molecule has 1 rings (SSSR count). The smallest absolute Gasteiger partial charge is 0.233 e. The molecule has 4 nitrogen and oxygen atoms in total. The van der Waals surface area contributed by atoms with Crippen molar-refractivity contribution in [2.24, 2.45) is 0 Å². The third-order valence-corrected chi connectivity index (χ3v) is 2.24. The van der Waals surface area contributed by atoms with Crippen LogP contribution in [0.4, 0.5) is 4.39 Å². The number of nitrogens with one attached hydrogen (secondary N) is 2. The second-order valence-electron chi connectivity index (χ2n) is 3.49. The molecule has 0 saturated heterocycles. The summed E-state index contributed by atoms with van der Waals surface area (Å²) in [5.41, 5.74) is 0.480. The first-order valence-electron chi connectivity index (χ1n) is 5.47. The first-order valence-corrected chi connectivity index (χ1v) is 5.47. The zero-order valence-electron chi connectivity index (χ0n) is 10.0. The van der Waals surface area contributed by atoms with Gasteiger partial charge in [0.2, 0.25) is 5.91 Å². The molecular weight excluding hydrogens is 223 g/mol.